The highest BCUT2D eigenvalue weighted by atomic mass is 35.5. The Morgan fingerprint density at radius 2 is 1.10 bits per heavy atom. The van der Waals surface area contributed by atoms with Gasteiger partial charge in [-0.25, -0.2) is 0 Å². The van der Waals surface area contributed by atoms with Crippen molar-refractivity contribution in [1.29, 1.82) is 0 Å². The van der Waals surface area contributed by atoms with Crippen LogP contribution in [0.15, 0.2) is 311 Å². The van der Waals surface area contributed by atoms with Gasteiger partial charge in [-0.2, -0.15) is 0 Å². The molecule has 0 saturated heterocycles. The molecule has 19 rings (SSSR count). The van der Waals surface area contributed by atoms with Crippen LogP contribution >= 0.6 is 23.4 Å². The first kappa shape index (κ1) is 52.2. The molecule has 7 heteroatoms. The second-order valence-electron chi connectivity index (χ2n) is 24.5. The molecule has 0 radical (unpaired) electrons. The molecular formula is C84H53ClN2O3S. The molecule has 0 fully saturated rings. The standard InChI is InChI=1S/C84H53ClN2O3S/c1-83-42-17-16-33-79(83)91-78-41-38-58(49-72(78)83)87(60-45-65(52-20-4-2-5-21-52)80-64-26-11-14-31-75(64)88-77(80)50-60)73-29-18-28-69-82(73)90-76-32-15-12-27-68(76)84(69)70-44-55(85)36-39-61(70)62-40-37-57(48-71(62)84)86(56-23-6-3-7-24-56)59-46-66(54-35-34-51-19-8-9-22-53(51)43-54)81-67(47-59)63-25-10-13-30-74(63)89-81/h2-50,79H,1H3. The number of hydrogen-bond acceptors (Lipinski definition) is 6. The number of thioether (sulfide) groups is 1. The third-order valence-corrected chi connectivity index (χ3v) is 21.3. The van der Waals surface area contributed by atoms with E-state index in [4.69, 9.17) is 25.2 Å². The summed E-state index contributed by atoms with van der Waals surface area (Å²) in [7, 11) is 0. The van der Waals surface area contributed by atoms with Crippen LogP contribution in [-0.4, -0.2) is 5.25 Å². The number of anilines is 6. The van der Waals surface area contributed by atoms with E-state index < -0.39 is 5.41 Å². The zero-order valence-corrected chi connectivity index (χ0v) is 50.8. The molecule has 4 heterocycles. The maximum absolute atomic E-state index is 7.65. The molecule has 3 atom stereocenters. The maximum Gasteiger partial charge on any atom is 0.156 e. The molecule has 5 nitrogen and oxygen atoms in total. The van der Waals surface area contributed by atoms with E-state index in [1.165, 1.54) is 21.2 Å². The van der Waals surface area contributed by atoms with Crippen molar-refractivity contribution in [3.8, 4) is 44.9 Å². The lowest BCUT2D eigenvalue weighted by Crippen LogP contribution is -2.33. The van der Waals surface area contributed by atoms with Gasteiger partial charge in [-0.3, -0.25) is 0 Å². The van der Waals surface area contributed by atoms with E-state index in [0.29, 0.717) is 5.02 Å². The van der Waals surface area contributed by atoms with Gasteiger partial charge in [0.25, 0.3) is 0 Å². The first-order chi connectivity index (χ1) is 44.9. The van der Waals surface area contributed by atoms with Gasteiger partial charge in [-0.1, -0.05) is 207 Å². The average Bonchev–Trinajstić information content (AvgIpc) is 1.58. The summed E-state index contributed by atoms with van der Waals surface area (Å²) >= 11 is 9.29. The van der Waals surface area contributed by atoms with Crippen molar-refractivity contribution in [1.82, 2.24) is 0 Å². The molecule has 2 aliphatic carbocycles. The van der Waals surface area contributed by atoms with Crippen molar-refractivity contribution >= 4 is 112 Å². The van der Waals surface area contributed by atoms with Crippen LogP contribution in [0, 0.1) is 0 Å². The summed E-state index contributed by atoms with van der Waals surface area (Å²) in [5.74, 6) is 1.51. The Balaban J connectivity index is 0.871. The Labute approximate surface area is 535 Å². The summed E-state index contributed by atoms with van der Waals surface area (Å²) in [6.07, 6.45) is 9.11. The lowest BCUT2D eigenvalue weighted by Gasteiger charge is -2.41. The van der Waals surface area contributed by atoms with Gasteiger partial charge in [0.2, 0.25) is 0 Å². The Morgan fingerprint density at radius 1 is 0.418 bits per heavy atom. The number of para-hydroxylation sites is 5. The van der Waals surface area contributed by atoms with Crippen molar-refractivity contribution in [2.75, 3.05) is 9.80 Å². The highest BCUT2D eigenvalue weighted by Gasteiger charge is 2.53. The Morgan fingerprint density at radius 3 is 1.97 bits per heavy atom. The number of nitrogens with zero attached hydrogens (tertiary/aromatic N) is 2. The molecule has 2 aliphatic heterocycles. The number of hydrogen-bond donors (Lipinski definition) is 0. The normalized spacial score (nSPS) is 17.3. The average molecular weight is 1210 g/mol. The molecule has 0 N–H and O–H groups in total. The van der Waals surface area contributed by atoms with E-state index in [2.05, 4.69) is 296 Å². The van der Waals surface area contributed by atoms with Crippen molar-refractivity contribution in [2.24, 2.45) is 0 Å². The highest BCUT2D eigenvalue weighted by Crippen LogP contribution is 2.66. The molecule has 0 amide bonds. The fourth-order valence-electron chi connectivity index (χ4n) is 15.4. The molecule has 1 spiro atoms. The minimum Gasteiger partial charge on any atom is -0.456 e. The van der Waals surface area contributed by atoms with Crippen LogP contribution in [0.3, 0.4) is 0 Å². The largest absolute Gasteiger partial charge is 0.456 e. The Kier molecular flexibility index (Phi) is 11.4. The minimum absolute atomic E-state index is 0.220. The summed E-state index contributed by atoms with van der Waals surface area (Å²) in [5, 5.41) is 7.53. The number of benzene rings is 13. The van der Waals surface area contributed by atoms with Gasteiger partial charge in [0.15, 0.2) is 5.75 Å². The zero-order chi connectivity index (χ0) is 60.1. The molecule has 430 valence electrons. The first-order valence-corrected chi connectivity index (χ1v) is 32.2. The summed E-state index contributed by atoms with van der Waals surface area (Å²) in [5.41, 5.74) is 20.0. The zero-order valence-electron chi connectivity index (χ0n) is 49.3. The van der Waals surface area contributed by atoms with Gasteiger partial charge < -0.3 is 23.4 Å². The minimum atomic E-state index is -0.937. The van der Waals surface area contributed by atoms with Gasteiger partial charge in [-0.15, -0.1) is 11.8 Å². The molecule has 91 heavy (non-hydrogen) atoms. The summed E-state index contributed by atoms with van der Waals surface area (Å²) < 4.78 is 21.5. The Bertz CT molecular complexity index is 5630. The molecule has 3 unspecified atom stereocenters. The van der Waals surface area contributed by atoms with E-state index in [1.807, 2.05) is 30.0 Å². The third kappa shape index (κ3) is 7.73. The second kappa shape index (κ2) is 19.9. The number of ether oxygens (including phenoxy) is 1. The molecule has 0 saturated carbocycles. The monoisotopic (exact) mass is 1200 g/mol. The maximum atomic E-state index is 7.65. The van der Waals surface area contributed by atoms with E-state index in [9.17, 15) is 0 Å². The van der Waals surface area contributed by atoms with Crippen LogP contribution in [0.25, 0.3) is 88.0 Å². The van der Waals surface area contributed by atoms with E-state index in [1.54, 1.807) is 0 Å². The molecular weight excluding hydrogens is 1150 g/mol. The van der Waals surface area contributed by atoms with Crippen LogP contribution < -0.4 is 14.5 Å². The smallest absolute Gasteiger partial charge is 0.156 e. The van der Waals surface area contributed by atoms with Crippen LogP contribution in [0.2, 0.25) is 5.02 Å². The van der Waals surface area contributed by atoms with Crippen molar-refractivity contribution < 1.29 is 13.6 Å². The quantitative estimate of drug-likeness (QED) is 0.151. The first-order valence-electron chi connectivity index (χ1n) is 31.0. The predicted octanol–water partition coefficient (Wildman–Crippen LogP) is 23.9. The predicted molar refractivity (Wildman–Crippen MR) is 376 cm³/mol. The fourth-order valence-corrected chi connectivity index (χ4v) is 17.1. The third-order valence-electron chi connectivity index (χ3n) is 19.6. The summed E-state index contributed by atoms with van der Waals surface area (Å²) in [4.78, 5) is 6.10. The summed E-state index contributed by atoms with van der Waals surface area (Å²) in [6.45, 7) is 2.38. The molecule has 2 aromatic heterocycles. The Hall–Kier alpha value is -10.8. The van der Waals surface area contributed by atoms with Crippen LogP contribution in [0.4, 0.5) is 34.1 Å². The lowest BCUT2D eigenvalue weighted by atomic mass is 9.66. The van der Waals surface area contributed by atoms with Gasteiger partial charge in [0.1, 0.15) is 28.1 Å². The molecule has 15 aromatic rings. The van der Waals surface area contributed by atoms with Gasteiger partial charge in [-0.05, 0) is 158 Å². The molecule has 0 bridgehead atoms. The van der Waals surface area contributed by atoms with E-state index in [0.717, 1.165) is 145 Å². The number of furan rings is 2. The lowest BCUT2D eigenvalue weighted by molar-refractivity contribution is 0.437. The van der Waals surface area contributed by atoms with Gasteiger partial charge in [0.05, 0.1) is 16.8 Å². The van der Waals surface area contributed by atoms with Crippen molar-refractivity contribution in [3.05, 3.63) is 330 Å². The van der Waals surface area contributed by atoms with Gasteiger partial charge in [0, 0.05) is 87.6 Å². The molecule has 13 aromatic carbocycles. The van der Waals surface area contributed by atoms with Crippen LogP contribution in [0.5, 0.6) is 11.5 Å². The number of fused-ring (bicyclic) bond motifs is 19. The highest BCUT2D eigenvalue weighted by molar-refractivity contribution is 8.00. The number of halogens is 1. The topological polar surface area (TPSA) is 42.0 Å². The van der Waals surface area contributed by atoms with Crippen molar-refractivity contribution in [3.63, 3.8) is 0 Å². The van der Waals surface area contributed by atoms with Crippen LogP contribution in [0.1, 0.15) is 34.7 Å². The van der Waals surface area contributed by atoms with Crippen molar-refractivity contribution in [2.45, 2.75) is 27.9 Å². The van der Waals surface area contributed by atoms with Crippen LogP contribution in [-0.2, 0) is 10.8 Å². The molecule has 4 aliphatic rings. The van der Waals surface area contributed by atoms with E-state index in [-0.39, 0.29) is 10.7 Å². The number of rotatable bonds is 8. The summed E-state index contributed by atoms with van der Waals surface area (Å²) in [6, 6.07) is 98.5. The van der Waals surface area contributed by atoms with E-state index >= 15 is 0 Å². The second-order valence-corrected chi connectivity index (χ2v) is 26.2. The fraction of sp³-hybridized carbons (Fsp3) is 0.0476. The number of allylic oxidation sites excluding steroid dienone is 3. The van der Waals surface area contributed by atoms with Gasteiger partial charge >= 0.3 is 0 Å². The SMILES string of the molecule is CC12C=CC=CC1Sc1ccc(N(c3cc(-c4ccccc4)c4c(c3)oc3ccccc34)c3cccc4c3Oc3ccccc3C43c4cc(Cl)ccc4-c4ccc(N(c5ccccc5)c5cc(-c6ccc7ccccc7c6)c6oc7ccccc7c6c5)cc43)cc12.